The van der Waals surface area contributed by atoms with Gasteiger partial charge in [-0.2, -0.15) is 0 Å². The molecular weight excluding hydrogens is 266 g/mol. The summed E-state index contributed by atoms with van der Waals surface area (Å²) in [4.78, 5) is 12.8. The fourth-order valence-electron chi connectivity index (χ4n) is 3.26. The van der Waals surface area contributed by atoms with Crippen LogP contribution in [0.25, 0.3) is 0 Å². The highest BCUT2D eigenvalue weighted by atomic mass is 16.4. The van der Waals surface area contributed by atoms with E-state index < -0.39 is 5.97 Å². The number of benzene rings is 1. The van der Waals surface area contributed by atoms with Crippen molar-refractivity contribution in [2.24, 2.45) is 0 Å². The molecule has 0 aliphatic carbocycles. The molecule has 1 heterocycles. The molecule has 4 nitrogen and oxygen atoms in total. The zero-order valence-electron chi connectivity index (χ0n) is 12.6. The Morgan fingerprint density at radius 3 is 2.67 bits per heavy atom. The van der Waals surface area contributed by atoms with Gasteiger partial charge in [-0.3, -0.25) is 9.69 Å². The predicted octanol–water partition coefficient (Wildman–Crippen LogP) is 2.31. The monoisotopic (exact) mass is 291 g/mol. The number of likely N-dealkylation sites (tertiary alicyclic amines) is 1. The molecule has 0 amide bonds. The van der Waals surface area contributed by atoms with E-state index in [0.29, 0.717) is 6.04 Å². The minimum absolute atomic E-state index is 0.164. The molecule has 4 heteroatoms. The second-order valence-electron chi connectivity index (χ2n) is 6.02. The number of aliphatic carboxylic acids is 1. The molecule has 1 fully saturated rings. The Hall–Kier alpha value is -1.39. The molecule has 0 saturated carbocycles. The van der Waals surface area contributed by atoms with Gasteiger partial charge in [-0.25, -0.2) is 0 Å². The van der Waals surface area contributed by atoms with Gasteiger partial charge >= 0.3 is 5.97 Å². The molecule has 0 radical (unpaired) electrons. The topological polar surface area (TPSA) is 60.8 Å². The van der Waals surface area contributed by atoms with Crippen LogP contribution >= 0.6 is 0 Å². The summed E-state index contributed by atoms with van der Waals surface area (Å²) in [6.45, 7) is 0. The number of hydrogen-bond donors (Lipinski definition) is 2. The predicted molar refractivity (Wildman–Crippen MR) is 82.2 cm³/mol. The molecule has 1 aliphatic heterocycles. The van der Waals surface area contributed by atoms with Crippen molar-refractivity contribution in [3.8, 4) is 0 Å². The standard InChI is InChI=1S/C17H25NO3/c1-18-14(9-5-6-10-17(20)21)12-16(19)15(18)11-13-7-3-2-4-8-13/h2-4,7-8,14-16,19H,5-6,9-12H2,1H3,(H,20,21)/t14-,15+,16+/m1/s1. The zero-order chi connectivity index (χ0) is 15.2. The van der Waals surface area contributed by atoms with Crippen molar-refractivity contribution in [1.29, 1.82) is 0 Å². The average molecular weight is 291 g/mol. The Kier molecular flexibility index (Phi) is 5.76. The first kappa shape index (κ1) is 16.0. The molecule has 2 N–H and O–H groups in total. The summed E-state index contributed by atoms with van der Waals surface area (Å²) < 4.78 is 0. The Balaban J connectivity index is 1.83. The van der Waals surface area contributed by atoms with Crippen LogP contribution in [0.15, 0.2) is 30.3 Å². The van der Waals surface area contributed by atoms with Gasteiger partial charge in [0.15, 0.2) is 0 Å². The van der Waals surface area contributed by atoms with E-state index in [1.807, 2.05) is 18.2 Å². The van der Waals surface area contributed by atoms with Crippen LogP contribution in [0, 0.1) is 0 Å². The molecule has 1 aromatic carbocycles. The van der Waals surface area contributed by atoms with Crippen LogP contribution in [-0.4, -0.2) is 46.3 Å². The summed E-state index contributed by atoms with van der Waals surface area (Å²) in [6.07, 6.45) is 4.20. The average Bonchev–Trinajstić information content (AvgIpc) is 2.72. The third kappa shape index (κ3) is 4.55. The van der Waals surface area contributed by atoms with Gasteiger partial charge in [0.1, 0.15) is 0 Å². The normalized spacial score (nSPS) is 26.1. The minimum Gasteiger partial charge on any atom is -0.481 e. The van der Waals surface area contributed by atoms with Gasteiger partial charge in [-0.15, -0.1) is 0 Å². The molecule has 116 valence electrons. The maximum Gasteiger partial charge on any atom is 0.303 e. The van der Waals surface area contributed by atoms with Crippen molar-refractivity contribution in [1.82, 2.24) is 4.90 Å². The van der Waals surface area contributed by atoms with Crippen LogP contribution in [-0.2, 0) is 11.2 Å². The molecule has 1 aliphatic rings. The van der Waals surface area contributed by atoms with E-state index >= 15 is 0 Å². The molecular formula is C17H25NO3. The van der Waals surface area contributed by atoms with Crippen LogP contribution < -0.4 is 0 Å². The first-order valence-electron chi connectivity index (χ1n) is 7.73. The highest BCUT2D eigenvalue weighted by molar-refractivity contribution is 5.66. The molecule has 0 unspecified atom stereocenters. The number of aliphatic hydroxyl groups is 1. The third-order valence-electron chi connectivity index (χ3n) is 4.52. The molecule has 0 aromatic heterocycles. The largest absolute Gasteiger partial charge is 0.481 e. The smallest absolute Gasteiger partial charge is 0.303 e. The molecule has 1 aromatic rings. The fraction of sp³-hybridized carbons (Fsp3) is 0.588. The molecule has 0 bridgehead atoms. The quantitative estimate of drug-likeness (QED) is 0.757. The van der Waals surface area contributed by atoms with Crippen molar-refractivity contribution >= 4 is 5.97 Å². The number of carboxylic acid groups (broad SMARTS) is 1. The number of nitrogens with zero attached hydrogens (tertiary/aromatic N) is 1. The number of carbonyl (C=O) groups is 1. The second kappa shape index (κ2) is 7.57. The highest BCUT2D eigenvalue weighted by Crippen LogP contribution is 2.28. The molecule has 1 saturated heterocycles. The van der Waals surface area contributed by atoms with Gasteiger partial charge in [-0.1, -0.05) is 36.8 Å². The molecule has 3 atom stereocenters. The van der Waals surface area contributed by atoms with Gasteiger partial charge in [-0.05, 0) is 38.3 Å². The van der Waals surface area contributed by atoms with E-state index in [0.717, 1.165) is 32.1 Å². The lowest BCUT2D eigenvalue weighted by atomic mass is 10.0. The summed E-state index contributed by atoms with van der Waals surface area (Å²) >= 11 is 0. The van der Waals surface area contributed by atoms with Gasteiger partial charge < -0.3 is 10.2 Å². The lowest BCUT2D eigenvalue weighted by molar-refractivity contribution is -0.137. The lowest BCUT2D eigenvalue weighted by Gasteiger charge is -2.26. The summed E-state index contributed by atoms with van der Waals surface area (Å²) in [6, 6.07) is 10.8. The van der Waals surface area contributed by atoms with Crippen LogP contribution in [0.4, 0.5) is 0 Å². The SMILES string of the molecule is CN1[C@H](CCCCC(=O)O)C[C@H](O)[C@@H]1Cc1ccccc1. The van der Waals surface area contributed by atoms with E-state index in [1.54, 1.807) is 0 Å². The third-order valence-corrected chi connectivity index (χ3v) is 4.52. The van der Waals surface area contributed by atoms with Crippen molar-refractivity contribution in [3.63, 3.8) is 0 Å². The van der Waals surface area contributed by atoms with Gasteiger partial charge in [0.25, 0.3) is 0 Å². The Bertz CT molecular complexity index is 449. The number of hydrogen-bond acceptors (Lipinski definition) is 3. The molecule has 0 spiro atoms. The highest BCUT2D eigenvalue weighted by Gasteiger charge is 2.37. The van der Waals surface area contributed by atoms with Gasteiger partial charge in [0.05, 0.1) is 6.10 Å². The van der Waals surface area contributed by atoms with Gasteiger partial charge in [0.2, 0.25) is 0 Å². The van der Waals surface area contributed by atoms with Crippen molar-refractivity contribution < 1.29 is 15.0 Å². The van der Waals surface area contributed by atoms with E-state index in [9.17, 15) is 9.90 Å². The summed E-state index contributed by atoms with van der Waals surface area (Å²) in [7, 11) is 2.08. The summed E-state index contributed by atoms with van der Waals surface area (Å²) in [5, 5.41) is 19.0. The number of rotatable bonds is 7. The van der Waals surface area contributed by atoms with Crippen molar-refractivity contribution in [3.05, 3.63) is 35.9 Å². The van der Waals surface area contributed by atoms with E-state index in [2.05, 4.69) is 24.1 Å². The van der Waals surface area contributed by atoms with Crippen LogP contribution in [0.1, 0.15) is 37.7 Å². The van der Waals surface area contributed by atoms with Crippen LogP contribution in [0.2, 0.25) is 0 Å². The second-order valence-corrected chi connectivity index (χ2v) is 6.02. The Morgan fingerprint density at radius 2 is 2.00 bits per heavy atom. The molecule has 21 heavy (non-hydrogen) atoms. The van der Waals surface area contributed by atoms with E-state index in [1.165, 1.54) is 5.56 Å². The Morgan fingerprint density at radius 1 is 1.29 bits per heavy atom. The van der Waals surface area contributed by atoms with E-state index in [4.69, 9.17) is 5.11 Å². The number of likely N-dealkylation sites (N-methyl/N-ethyl adjacent to an activating group) is 1. The van der Waals surface area contributed by atoms with Crippen molar-refractivity contribution in [2.45, 2.75) is 56.7 Å². The first-order chi connectivity index (χ1) is 10.1. The van der Waals surface area contributed by atoms with E-state index in [-0.39, 0.29) is 18.6 Å². The number of carboxylic acids is 1. The Labute approximate surface area is 126 Å². The lowest BCUT2D eigenvalue weighted by Crippen LogP contribution is -2.37. The zero-order valence-corrected chi connectivity index (χ0v) is 12.6. The summed E-state index contributed by atoms with van der Waals surface area (Å²) in [5.41, 5.74) is 1.25. The fourth-order valence-corrected chi connectivity index (χ4v) is 3.26. The maximum atomic E-state index is 10.5. The minimum atomic E-state index is -0.725. The van der Waals surface area contributed by atoms with Crippen molar-refractivity contribution in [2.75, 3.05) is 7.05 Å². The molecule has 2 rings (SSSR count). The van der Waals surface area contributed by atoms with Gasteiger partial charge in [0, 0.05) is 18.5 Å². The van der Waals surface area contributed by atoms with Crippen LogP contribution in [0.3, 0.4) is 0 Å². The number of aliphatic hydroxyl groups excluding tert-OH is 1. The van der Waals surface area contributed by atoms with Crippen LogP contribution in [0.5, 0.6) is 0 Å². The summed E-state index contributed by atoms with van der Waals surface area (Å²) in [5.74, 6) is -0.725. The maximum absolute atomic E-state index is 10.5. The number of unbranched alkanes of at least 4 members (excludes halogenated alkanes) is 1. The first-order valence-corrected chi connectivity index (χ1v) is 7.73.